The van der Waals surface area contributed by atoms with Gasteiger partial charge in [0.25, 0.3) is 0 Å². The Hall–Kier alpha value is -0.810. The molecule has 0 aromatic rings. The quantitative estimate of drug-likeness (QED) is 0.541. The zero-order valence-electron chi connectivity index (χ0n) is 9.04. The Kier molecular flexibility index (Phi) is 5.60. The van der Waals surface area contributed by atoms with Gasteiger partial charge in [-0.2, -0.15) is 0 Å². The van der Waals surface area contributed by atoms with Gasteiger partial charge in [0.2, 0.25) is 0 Å². The first-order valence-electron chi connectivity index (χ1n) is 4.50. The van der Waals surface area contributed by atoms with Crippen molar-refractivity contribution in [2.75, 3.05) is 12.4 Å². The number of rotatable bonds is 5. The summed E-state index contributed by atoms with van der Waals surface area (Å²) >= 11 is 5.38. The van der Waals surface area contributed by atoms with Crippen LogP contribution in [0.1, 0.15) is 20.8 Å². The van der Waals surface area contributed by atoms with E-state index >= 15 is 0 Å². The number of hydrogen-bond acceptors (Lipinski definition) is 4. The van der Waals surface area contributed by atoms with E-state index in [0.717, 1.165) is 0 Å². The molecule has 0 amide bonds. The highest BCUT2D eigenvalue weighted by molar-refractivity contribution is 6.19. The number of hydrogen-bond donors (Lipinski definition) is 2. The summed E-state index contributed by atoms with van der Waals surface area (Å²) in [4.78, 5) is 21.7. The van der Waals surface area contributed by atoms with Crippen molar-refractivity contribution in [3.8, 4) is 0 Å². The highest BCUT2D eigenvalue weighted by atomic mass is 35.5. The van der Waals surface area contributed by atoms with Gasteiger partial charge in [0, 0.05) is 5.88 Å². The summed E-state index contributed by atoms with van der Waals surface area (Å²) in [7, 11) is 0. The summed E-state index contributed by atoms with van der Waals surface area (Å²) in [6.07, 6.45) is 0. The summed E-state index contributed by atoms with van der Waals surface area (Å²) in [5.41, 5.74) is -0.571. The van der Waals surface area contributed by atoms with E-state index < -0.39 is 23.6 Å². The molecule has 0 saturated carbocycles. The number of carbonyl (C=O) groups excluding carboxylic acids is 1. The molecule has 0 heterocycles. The van der Waals surface area contributed by atoms with Crippen LogP contribution in [0.25, 0.3) is 0 Å². The molecule has 5 nitrogen and oxygen atoms in total. The Morgan fingerprint density at radius 2 is 2.00 bits per heavy atom. The van der Waals surface area contributed by atoms with Crippen molar-refractivity contribution in [1.82, 2.24) is 5.32 Å². The number of alkyl halides is 1. The number of aliphatic carboxylic acids is 1. The van der Waals surface area contributed by atoms with Crippen molar-refractivity contribution in [2.45, 2.75) is 32.4 Å². The Morgan fingerprint density at radius 1 is 1.47 bits per heavy atom. The minimum atomic E-state index is -1.09. The van der Waals surface area contributed by atoms with E-state index in [1.807, 2.05) is 0 Å². The molecular formula is C9H16ClNO4. The highest BCUT2D eigenvalue weighted by Crippen LogP contribution is 2.06. The Labute approximate surface area is 93.7 Å². The third kappa shape index (κ3) is 7.16. The van der Waals surface area contributed by atoms with Crippen LogP contribution in [-0.4, -0.2) is 41.1 Å². The molecule has 2 N–H and O–H groups in total. The van der Waals surface area contributed by atoms with Crippen LogP contribution in [0.4, 0.5) is 0 Å². The molecule has 0 fully saturated rings. The predicted molar refractivity (Wildman–Crippen MR) is 56.0 cm³/mol. The normalized spacial score (nSPS) is 13.3. The number of carbonyl (C=O) groups is 2. The van der Waals surface area contributed by atoms with Crippen molar-refractivity contribution in [2.24, 2.45) is 0 Å². The molecule has 0 aliphatic rings. The van der Waals surface area contributed by atoms with Crippen molar-refractivity contribution in [3.63, 3.8) is 0 Å². The second-order valence-electron chi connectivity index (χ2n) is 4.01. The maximum Gasteiger partial charge on any atom is 0.321 e. The first-order valence-corrected chi connectivity index (χ1v) is 5.03. The number of halogens is 1. The predicted octanol–water partition coefficient (Wildman–Crippen LogP) is 0.610. The van der Waals surface area contributed by atoms with Crippen molar-refractivity contribution < 1.29 is 19.4 Å². The van der Waals surface area contributed by atoms with Gasteiger partial charge in [0.1, 0.15) is 11.6 Å². The topological polar surface area (TPSA) is 75.6 Å². The largest absolute Gasteiger partial charge is 0.480 e. The molecule has 0 bridgehead atoms. The average molecular weight is 238 g/mol. The third-order valence-corrected chi connectivity index (χ3v) is 1.67. The number of ether oxygens (including phenoxy) is 1. The van der Waals surface area contributed by atoms with Gasteiger partial charge >= 0.3 is 11.9 Å². The monoisotopic (exact) mass is 237 g/mol. The molecule has 0 aromatic heterocycles. The Balaban J connectivity index is 3.94. The van der Waals surface area contributed by atoms with Gasteiger partial charge in [-0.1, -0.05) is 0 Å². The van der Waals surface area contributed by atoms with Crippen LogP contribution in [0.5, 0.6) is 0 Å². The van der Waals surface area contributed by atoms with Gasteiger partial charge in [-0.05, 0) is 20.8 Å². The molecule has 0 rings (SSSR count). The van der Waals surface area contributed by atoms with Gasteiger partial charge in [-0.3, -0.25) is 14.9 Å². The lowest BCUT2D eigenvalue weighted by Gasteiger charge is -2.20. The van der Waals surface area contributed by atoms with E-state index in [-0.39, 0.29) is 12.4 Å². The van der Waals surface area contributed by atoms with Crippen LogP contribution in [0, 0.1) is 0 Å². The molecule has 0 saturated heterocycles. The molecule has 0 aromatic carbocycles. The fraction of sp³-hybridized carbons (Fsp3) is 0.778. The van der Waals surface area contributed by atoms with Crippen LogP contribution in [0.2, 0.25) is 0 Å². The van der Waals surface area contributed by atoms with Crippen molar-refractivity contribution in [1.29, 1.82) is 0 Å². The lowest BCUT2D eigenvalue weighted by atomic mass is 10.2. The molecule has 15 heavy (non-hydrogen) atoms. The van der Waals surface area contributed by atoms with E-state index in [1.165, 1.54) is 0 Å². The molecule has 1 atom stereocenters. The molecule has 6 heteroatoms. The summed E-state index contributed by atoms with van der Waals surface area (Å²) in [6.45, 7) is 5.05. The first-order chi connectivity index (χ1) is 6.76. The summed E-state index contributed by atoms with van der Waals surface area (Å²) in [5.74, 6) is -1.69. The molecule has 0 spiro atoms. The number of carboxylic acid groups (broad SMARTS) is 1. The molecule has 0 aliphatic carbocycles. The summed E-state index contributed by atoms with van der Waals surface area (Å²) in [5, 5.41) is 11.1. The zero-order chi connectivity index (χ0) is 12.1. The number of carboxylic acids is 1. The summed E-state index contributed by atoms with van der Waals surface area (Å²) in [6, 6.07) is -0.931. The SMILES string of the molecule is CC(C)(C)OC(=O)CNC(CCl)C(=O)O. The minimum Gasteiger partial charge on any atom is -0.480 e. The second kappa shape index (κ2) is 5.92. The first kappa shape index (κ1) is 14.2. The van der Waals surface area contributed by atoms with Crippen molar-refractivity contribution >= 4 is 23.5 Å². The zero-order valence-corrected chi connectivity index (χ0v) is 9.80. The third-order valence-electron chi connectivity index (χ3n) is 1.37. The number of esters is 1. The fourth-order valence-electron chi connectivity index (χ4n) is 0.792. The highest BCUT2D eigenvalue weighted by Gasteiger charge is 2.20. The minimum absolute atomic E-state index is 0.0991. The van der Waals surface area contributed by atoms with E-state index in [9.17, 15) is 9.59 Å². The van der Waals surface area contributed by atoms with Gasteiger partial charge < -0.3 is 9.84 Å². The van der Waals surface area contributed by atoms with E-state index in [0.29, 0.717) is 0 Å². The van der Waals surface area contributed by atoms with E-state index in [2.05, 4.69) is 5.32 Å². The smallest absolute Gasteiger partial charge is 0.321 e. The van der Waals surface area contributed by atoms with Crippen LogP contribution in [-0.2, 0) is 14.3 Å². The average Bonchev–Trinajstić information content (AvgIpc) is 2.01. The number of nitrogens with one attached hydrogen (secondary N) is 1. The lowest BCUT2D eigenvalue weighted by Crippen LogP contribution is -2.42. The van der Waals surface area contributed by atoms with Crippen LogP contribution >= 0.6 is 11.6 Å². The molecular weight excluding hydrogens is 222 g/mol. The van der Waals surface area contributed by atoms with E-state index in [4.69, 9.17) is 21.4 Å². The maximum absolute atomic E-state index is 11.2. The molecule has 0 radical (unpaired) electrons. The van der Waals surface area contributed by atoms with Gasteiger partial charge in [-0.25, -0.2) is 0 Å². The Morgan fingerprint density at radius 3 is 2.33 bits per heavy atom. The van der Waals surface area contributed by atoms with E-state index in [1.54, 1.807) is 20.8 Å². The Bertz CT molecular complexity index is 237. The van der Waals surface area contributed by atoms with Gasteiger partial charge in [-0.15, -0.1) is 11.6 Å². The standard InChI is InChI=1S/C9H16ClNO4/c1-9(2,3)15-7(12)5-11-6(4-10)8(13)14/h6,11H,4-5H2,1-3H3,(H,13,14). The van der Waals surface area contributed by atoms with Gasteiger partial charge in [0.15, 0.2) is 0 Å². The summed E-state index contributed by atoms with van der Waals surface area (Å²) < 4.78 is 4.97. The maximum atomic E-state index is 11.2. The van der Waals surface area contributed by atoms with Crippen LogP contribution in [0.3, 0.4) is 0 Å². The van der Waals surface area contributed by atoms with Gasteiger partial charge in [0.05, 0.1) is 6.54 Å². The van der Waals surface area contributed by atoms with Crippen LogP contribution < -0.4 is 5.32 Å². The lowest BCUT2D eigenvalue weighted by molar-refractivity contribution is -0.153. The van der Waals surface area contributed by atoms with Crippen molar-refractivity contribution in [3.05, 3.63) is 0 Å². The molecule has 88 valence electrons. The molecule has 0 aliphatic heterocycles. The fourth-order valence-corrected chi connectivity index (χ4v) is 1.03. The second-order valence-corrected chi connectivity index (χ2v) is 4.32. The molecule has 1 unspecified atom stereocenters. The van der Waals surface area contributed by atoms with Crippen LogP contribution in [0.15, 0.2) is 0 Å².